The van der Waals surface area contributed by atoms with Crippen molar-refractivity contribution in [1.82, 2.24) is 4.90 Å². The molecule has 1 heterocycles. The summed E-state index contributed by atoms with van der Waals surface area (Å²) in [7, 11) is 0. The van der Waals surface area contributed by atoms with Crippen LogP contribution in [0.25, 0.3) is 0 Å². The zero-order chi connectivity index (χ0) is 11.4. The van der Waals surface area contributed by atoms with Crippen molar-refractivity contribution in [2.24, 2.45) is 11.7 Å². The smallest absolute Gasteiger partial charge is 0.0247 e. The number of nitrogens with two attached hydrogens (primary N) is 1. The van der Waals surface area contributed by atoms with Gasteiger partial charge in [0.25, 0.3) is 0 Å². The van der Waals surface area contributed by atoms with Crippen LogP contribution in [0.15, 0.2) is 0 Å². The predicted molar refractivity (Wildman–Crippen MR) is 66.9 cm³/mol. The van der Waals surface area contributed by atoms with Crippen molar-refractivity contribution >= 4 is 0 Å². The maximum Gasteiger partial charge on any atom is 0.0247 e. The Bertz CT molecular complexity index is 167. The summed E-state index contributed by atoms with van der Waals surface area (Å²) in [5, 5.41) is 0. The van der Waals surface area contributed by atoms with Crippen LogP contribution in [0.3, 0.4) is 0 Å². The van der Waals surface area contributed by atoms with Gasteiger partial charge in [-0.1, -0.05) is 27.2 Å². The van der Waals surface area contributed by atoms with Crippen molar-refractivity contribution < 1.29 is 0 Å². The third-order valence-electron chi connectivity index (χ3n) is 3.81. The van der Waals surface area contributed by atoms with Gasteiger partial charge in [0, 0.05) is 18.1 Å². The largest absolute Gasteiger partial charge is 0.327 e. The van der Waals surface area contributed by atoms with Gasteiger partial charge < -0.3 is 5.73 Å². The van der Waals surface area contributed by atoms with Crippen LogP contribution in [-0.4, -0.2) is 29.6 Å². The summed E-state index contributed by atoms with van der Waals surface area (Å²) in [5.41, 5.74) is 6.11. The summed E-state index contributed by atoms with van der Waals surface area (Å²) in [5.74, 6) is 0.745. The lowest BCUT2D eigenvalue weighted by Gasteiger charge is -2.44. The summed E-state index contributed by atoms with van der Waals surface area (Å²) in [4.78, 5) is 2.68. The van der Waals surface area contributed by atoms with Crippen molar-refractivity contribution in [3.63, 3.8) is 0 Å². The molecule has 0 saturated carbocycles. The van der Waals surface area contributed by atoms with E-state index < -0.39 is 0 Å². The molecule has 15 heavy (non-hydrogen) atoms. The van der Waals surface area contributed by atoms with Gasteiger partial charge >= 0.3 is 0 Å². The maximum absolute atomic E-state index is 6.11. The number of piperidine rings is 1. The van der Waals surface area contributed by atoms with Crippen molar-refractivity contribution in [2.45, 2.75) is 71.5 Å². The Balaban J connectivity index is 2.69. The second kappa shape index (κ2) is 5.86. The van der Waals surface area contributed by atoms with E-state index in [1.54, 1.807) is 0 Å². The van der Waals surface area contributed by atoms with Crippen LogP contribution in [0.2, 0.25) is 0 Å². The van der Waals surface area contributed by atoms with Crippen molar-refractivity contribution in [3.05, 3.63) is 0 Å². The number of hydrogen-bond acceptors (Lipinski definition) is 2. The van der Waals surface area contributed by atoms with Crippen LogP contribution in [-0.2, 0) is 0 Å². The Labute approximate surface area is 95.2 Å². The summed E-state index contributed by atoms with van der Waals surface area (Å²) in [6.45, 7) is 10.4. The first-order chi connectivity index (χ1) is 7.07. The van der Waals surface area contributed by atoms with Gasteiger partial charge in [-0.25, -0.2) is 0 Å². The van der Waals surface area contributed by atoms with Gasteiger partial charge in [0.1, 0.15) is 0 Å². The van der Waals surface area contributed by atoms with E-state index >= 15 is 0 Å². The minimum atomic E-state index is 0.318. The molecule has 1 aliphatic rings. The highest BCUT2D eigenvalue weighted by Crippen LogP contribution is 2.26. The molecule has 1 fully saturated rings. The van der Waals surface area contributed by atoms with E-state index in [1.165, 1.54) is 32.2 Å². The molecule has 2 heteroatoms. The lowest BCUT2D eigenvalue weighted by atomic mass is 9.90. The molecule has 0 radical (unpaired) electrons. The Hall–Kier alpha value is -0.0800. The van der Waals surface area contributed by atoms with Gasteiger partial charge in [0.2, 0.25) is 0 Å². The van der Waals surface area contributed by atoms with E-state index in [2.05, 4.69) is 32.6 Å². The monoisotopic (exact) mass is 212 g/mol. The third kappa shape index (κ3) is 3.18. The number of nitrogens with zero attached hydrogens (tertiary/aromatic N) is 1. The molecule has 0 aliphatic carbocycles. The highest BCUT2D eigenvalue weighted by Gasteiger charge is 2.31. The first kappa shape index (κ1) is 13.0. The molecule has 0 aromatic rings. The van der Waals surface area contributed by atoms with E-state index in [0.29, 0.717) is 12.1 Å². The number of rotatable bonds is 4. The standard InChI is InChI=1S/C13H28N2/c1-5-12(10(2)3)15-9-7-6-8-13(15)11(4)14/h10-13H,5-9,14H2,1-4H3. The van der Waals surface area contributed by atoms with Gasteiger partial charge in [-0.15, -0.1) is 0 Å². The summed E-state index contributed by atoms with van der Waals surface area (Å²) in [6, 6.07) is 1.66. The van der Waals surface area contributed by atoms with Crippen LogP contribution in [0.5, 0.6) is 0 Å². The molecule has 3 unspecified atom stereocenters. The molecule has 90 valence electrons. The zero-order valence-corrected chi connectivity index (χ0v) is 10.9. The molecule has 0 aromatic heterocycles. The number of hydrogen-bond donors (Lipinski definition) is 1. The lowest BCUT2D eigenvalue weighted by Crippen LogP contribution is -2.54. The molecular weight excluding hydrogens is 184 g/mol. The minimum Gasteiger partial charge on any atom is -0.327 e. The quantitative estimate of drug-likeness (QED) is 0.776. The average molecular weight is 212 g/mol. The summed E-state index contributed by atoms with van der Waals surface area (Å²) < 4.78 is 0. The molecule has 2 nitrogen and oxygen atoms in total. The molecule has 0 amide bonds. The minimum absolute atomic E-state index is 0.318. The van der Waals surface area contributed by atoms with E-state index in [-0.39, 0.29) is 0 Å². The average Bonchev–Trinajstić information content (AvgIpc) is 2.18. The van der Waals surface area contributed by atoms with Crippen LogP contribution in [0, 0.1) is 5.92 Å². The second-order valence-corrected chi connectivity index (χ2v) is 5.38. The molecule has 1 aliphatic heterocycles. The Morgan fingerprint density at radius 2 is 1.93 bits per heavy atom. The first-order valence-corrected chi connectivity index (χ1v) is 6.59. The number of likely N-dealkylation sites (tertiary alicyclic amines) is 1. The molecule has 0 aromatic carbocycles. The summed E-state index contributed by atoms with van der Waals surface area (Å²) in [6.07, 6.45) is 5.26. The topological polar surface area (TPSA) is 29.3 Å². The van der Waals surface area contributed by atoms with E-state index in [9.17, 15) is 0 Å². The fourth-order valence-corrected chi connectivity index (χ4v) is 3.05. The van der Waals surface area contributed by atoms with Crippen molar-refractivity contribution in [3.8, 4) is 0 Å². The zero-order valence-electron chi connectivity index (χ0n) is 10.9. The maximum atomic E-state index is 6.11. The molecule has 1 rings (SSSR count). The Morgan fingerprint density at radius 1 is 1.27 bits per heavy atom. The van der Waals surface area contributed by atoms with Crippen molar-refractivity contribution in [2.75, 3.05) is 6.54 Å². The van der Waals surface area contributed by atoms with E-state index in [4.69, 9.17) is 5.73 Å². The summed E-state index contributed by atoms with van der Waals surface area (Å²) >= 11 is 0. The first-order valence-electron chi connectivity index (χ1n) is 6.59. The Morgan fingerprint density at radius 3 is 2.40 bits per heavy atom. The molecule has 3 atom stereocenters. The van der Waals surface area contributed by atoms with Crippen molar-refractivity contribution in [1.29, 1.82) is 0 Å². The van der Waals surface area contributed by atoms with Crippen LogP contribution < -0.4 is 5.73 Å². The molecular formula is C13H28N2. The highest BCUT2D eigenvalue weighted by molar-refractivity contribution is 4.88. The van der Waals surface area contributed by atoms with Gasteiger partial charge in [-0.05, 0) is 38.6 Å². The Kier molecular flexibility index (Phi) is 5.07. The molecule has 1 saturated heterocycles. The van der Waals surface area contributed by atoms with E-state index in [0.717, 1.165) is 12.0 Å². The van der Waals surface area contributed by atoms with Crippen LogP contribution in [0.4, 0.5) is 0 Å². The molecule has 2 N–H and O–H groups in total. The molecule has 0 bridgehead atoms. The fraction of sp³-hybridized carbons (Fsp3) is 1.00. The molecule has 0 spiro atoms. The fourth-order valence-electron chi connectivity index (χ4n) is 3.05. The van der Waals surface area contributed by atoms with Gasteiger partial charge in [-0.2, -0.15) is 0 Å². The predicted octanol–water partition coefficient (Wildman–Crippen LogP) is 2.62. The highest BCUT2D eigenvalue weighted by atomic mass is 15.2. The third-order valence-corrected chi connectivity index (χ3v) is 3.81. The normalized spacial score (nSPS) is 28.0. The van der Waals surface area contributed by atoms with Gasteiger partial charge in [-0.3, -0.25) is 4.90 Å². The SMILES string of the molecule is CCC(C(C)C)N1CCCCC1C(C)N. The van der Waals surface area contributed by atoms with Crippen LogP contribution >= 0.6 is 0 Å². The van der Waals surface area contributed by atoms with Crippen LogP contribution in [0.1, 0.15) is 53.4 Å². The van der Waals surface area contributed by atoms with Gasteiger partial charge in [0.05, 0.1) is 0 Å². The van der Waals surface area contributed by atoms with E-state index in [1.807, 2.05) is 0 Å². The lowest BCUT2D eigenvalue weighted by molar-refractivity contribution is 0.0559. The second-order valence-electron chi connectivity index (χ2n) is 5.38. The van der Waals surface area contributed by atoms with Gasteiger partial charge in [0.15, 0.2) is 0 Å².